The number of hydrogen-bond donors (Lipinski definition) is 1. The molecule has 0 unspecified atom stereocenters. The van der Waals surface area contributed by atoms with Gasteiger partial charge in [0.05, 0.1) is 22.7 Å². The van der Waals surface area contributed by atoms with Crippen LogP contribution < -0.4 is 9.47 Å². The van der Waals surface area contributed by atoms with Crippen LogP contribution in [0.25, 0.3) is 6.08 Å². The summed E-state index contributed by atoms with van der Waals surface area (Å²) < 4.78 is 10.9. The van der Waals surface area contributed by atoms with Gasteiger partial charge in [0.2, 0.25) is 5.17 Å². The van der Waals surface area contributed by atoms with E-state index in [1.807, 2.05) is 31.2 Å². The van der Waals surface area contributed by atoms with Gasteiger partial charge in [0.25, 0.3) is 5.91 Å². The van der Waals surface area contributed by atoms with E-state index in [9.17, 15) is 4.79 Å². The Morgan fingerprint density at radius 1 is 1.23 bits per heavy atom. The molecule has 2 heterocycles. The zero-order valence-electron chi connectivity index (χ0n) is 16.5. The highest BCUT2D eigenvalue weighted by Gasteiger charge is 2.35. The van der Waals surface area contributed by atoms with E-state index in [0.29, 0.717) is 31.6 Å². The number of methoxy groups -OCH3 is 1. The lowest BCUT2D eigenvalue weighted by atomic mass is 10.1. The summed E-state index contributed by atoms with van der Waals surface area (Å²) in [7, 11) is 1.46. The number of fused-ring (bicyclic) bond motifs is 1. The highest BCUT2D eigenvalue weighted by atomic mass is 35.5. The second-order valence-corrected chi connectivity index (χ2v) is 8.49. The van der Waals surface area contributed by atoms with E-state index < -0.39 is 5.91 Å². The van der Waals surface area contributed by atoms with Gasteiger partial charge in [0, 0.05) is 0 Å². The summed E-state index contributed by atoms with van der Waals surface area (Å²) in [4.78, 5) is 16.6. The number of amides is 1. The van der Waals surface area contributed by atoms with Crippen LogP contribution in [0, 0.1) is 12.3 Å². The molecule has 0 atom stereocenters. The van der Waals surface area contributed by atoms with Gasteiger partial charge in [-0.15, -0.1) is 0 Å². The van der Waals surface area contributed by atoms with Gasteiger partial charge in [-0.1, -0.05) is 35.3 Å². The summed E-state index contributed by atoms with van der Waals surface area (Å²) in [5.74, 6) is 0.434. The fourth-order valence-corrected chi connectivity index (χ4v) is 4.42. The molecular weight excluding hydrogens is 459 g/mol. The van der Waals surface area contributed by atoms with Gasteiger partial charge in [-0.2, -0.15) is 15.1 Å². The highest BCUT2D eigenvalue weighted by molar-refractivity contribution is 8.27. The van der Waals surface area contributed by atoms with Gasteiger partial charge in [0.15, 0.2) is 11.6 Å². The molecule has 0 spiro atoms. The van der Waals surface area contributed by atoms with E-state index in [0.717, 1.165) is 11.3 Å². The number of amidine groups is 2. The van der Waals surface area contributed by atoms with E-state index in [1.54, 1.807) is 12.1 Å². The van der Waals surface area contributed by atoms with Crippen molar-refractivity contribution < 1.29 is 14.3 Å². The van der Waals surface area contributed by atoms with Crippen LogP contribution >= 0.6 is 35.0 Å². The molecule has 0 bridgehead atoms. The van der Waals surface area contributed by atoms with Crippen LogP contribution in [-0.4, -0.2) is 40.7 Å². The average molecular weight is 475 g/mol. The van der Waals surface area contributed by atoms with E-state index in [-0.39, 0.29) is 18.0 Å². The van der Waals surface area contributed by atoms with Crippen molar-refractivity contribution in [3.05, 3.63) is 63.1 Å². The maximum Gasteiger partial charge on any atom is 0.283 e. The van der Waals surface area contributed by atoms with Crippen molar-refractivity contribution in [3.8, 4) is 11.5 Å². The molecule has 0 radical (unpaired) electrons. The Morgan fingerprint density at radius 3 is 2.65 bits per heavy atom. The van der Waals surface area contributed by atoms with Crippen LogP contribution in [0.4, 0.5) is 0 Å². The van der Waals surface area contributed by atoms with Crippen LogP contribution in [-0.2, 0) is 4.79 Å². The van der Waals surface area contributed by atoms with Crippen LogP contribution in [0.2, 0.25) is 10.0 Å². The Bertz CT molecular complexity index is 1170. The monoisotopic (exact) mass is 474 g/mol. The first-order valence-corrected chi connectivity index (χ1v) is 10.6. The summed E-state index contributed by atoms with van der Waals surface area (Å²) >= 11 is 13.5. The largest absolute Gasteiger partial charge is 0.494 e. The number of halogens is 2. The van der Waals surface area contributed by atoms with Gasteiger partial charge in [-0.05, 0) is 60.2 Å². The Balaban J connectivity index is 1.55. The summed E-state index contributed by atoms with van der Waals surface area (Å²) in [6.07, 6.45) is 1.50. The predicted octanol–water partition coefficient (Wildman–Crippen LogP) is 5.01. The number of aliphatic imine (C=N–C) groups is 1. The van der Waals surface area contributed by atoms with Crippen molar-refractivity contribution in [1.29, 1.82) is 5.41 Å². The van der Waals surface area contributed by atoms with Crippen molar-refractivity contribution in [3.63, 3.8) is 0 Å². The van der Waals surface area contributed by atoms with Crippen LogP contribution in [0.5, 0.6) is 11.5 Å². The van der Waals surface area contributed by atoms with Gasteiger partial charge < -0.3 is 9.47 Å². The van der Waals surface area contributed by atoms with Crippen LogP contribution in [0.1, 0.15) is 11.1 Å². The first-order valence-electron chi connectivity index (χ1n) is 9.07. The van der Waals surface area contributed by atoms with Crippen molar-refractivity contribution in [2.75, 3.05) is 13.7 Å². The number of nitrogens with zero attached hydrogens (tertiary/aromatic N) is 3. The maximum absolute atomic E-state index is 12.6. The summed E-state index contributed by atoms with van der Waals surface area (Å²) in [5.41, 5.74) is 1.70. The number of nitrogens with one attached hydrogen (secondary N) is 1. The first-order chi connectivity index (χ1) is 14.9. The third-order valence-electron chi connectivity index (χ3n) is 4.38. The van der Waals surface area contributed by atoms with Gasteiger partial charge >= 0.3 is 0 Å². The van der Waals surface area contributed by atoms with Gasteiger partial charge in [-0.3, -0.25) is 10.2 Å². The molecule has 10 heteroatoms. The summed E-state index contributed by atoms with van der Waals surface area (Å²) in [6, 6.07) is 10.9. The number of carbonyl (C=O) groups excluding carboxylic acids is 1. The quantitative estimate of drug-likeness (QED) is 0.615. The molecule has 2 aliphatic rings. The number of ether oxygens (including phenoxy) is 2. The molecular formula is C21H16Cl2N4O3S. The molecule has 158 valence electrons. The highest BCUT2D eigenvalue weighted by Crippen LogP contribution is 2.35. The molecule has 0 aromatic heterocycles. The Kier molecular flexibility index (Phi) is 6.04. The molecule has 4 rings (SSSR count). The first kappa shape index (κ1) is 21.4. The lowest BCUT2D eigenvalue weighted by molar-refractivity contribution is -0.114. The molecule has 1 N–H and O–H groups in total. The standard InChI is InChI=1S/C21H16Cl2N4O3S/c1-11-4-3-5-13(6-11)30-10-17-26-27-19(24)14(20(28)25-21(27)31-17)7-12-8-15(22)18(29-2)16(23)9-12/h3-9,24H,10H2,1-2H3/b14-7-,24-19?. The molecule has 7 nitrogen and oxygen atoms in total. The lowest BCUT2D eigenvalue weighted by Gasteiger charge is -2.20. The number of rotatable bonds is 5. The zero-order chi connectivity index (χ0) is 22.1. The Labute approximate surface area is 192 Å². The van der Waals surface area contributed by atoms with Gasteiger partial charge in [0.1, 0.15) is 17.4 Å². The normalized spacial score (nSPS) is 16.9. The van der Waals surface area contributed by atoms with Crippen LogP contribution in [0.3, 0.4) is 0 Å². The molecule has 2 aromatic carbocycles. The number of thioether (sulfide) groups is 1. The van der Waals surface area contributed by atoms with Crippen molar-refractivity contribution in [2.45, 2.75) is 6.92 Å². The summed E-state index contributed by atoms with van der Waals surface area (Å²) in [6.45, 7) is 2.18. The molecule has 2 aromatic rings. The van der Waals surface area contributed by atoms with E-state index in [1.165, 1.54) is 30.0 Å². The Morgan fingerprint density at radius 2 is 1.97 bits per heavy atom. The number of aryl methyl sites for hydroxylation is 1. The fourth-order valence-electron chi connectivity index (χ4n) is 2.96. The third-order valence-corrected chi connectivity index (χ3v) is 5.83. The fraction of sp³-hybridized carbons (Fsp3) is 0.143. The third kappa shape index (κ3) is 4.46. The minimum atomic E-state index is -0.539. The number of benzene rings is 2. The average Bonchev–Trinajstić information content (AvgIpc) is 3.12. The maximum atomic E-state index is 12.6. The molecule has 1 amide bonds. The molecule has 2 aliphatic heterocycles. The van der Waals surface area contributed by atoms with Crippen LogP contribution in [0.15, 0.2) is 52.1 Å². The second-order valence-electron chi connectivity index (χ2n) is 6.64. The zero-order valence-corrected chi connectivity index (χ0v) is 18.8. The number of hydrogen-bond acceptors (Lipinski definition) is 6. The molecule has 0 aliphatic carbocycles. The van der Waals surface area contributed by atoms with Crippen molar-refractivity contribution in [2.24, 2.45) is 10.1 Å². The van der Waals surface area contributed by atoms with Gasteiger partial charge in [-0.25, -0.2) is 0 Å². The Hall–Kier alpha value is -2.81. The van der Waals surface area contributed by atoms with E-state index in [2.05, 4.69) is 10.1 Å². The smallest absolute Gasteiger partial charge is 0.283 e. The summed E-state index contributed by atoms with van der Waals surface area (Å²) in [5, 5.41) is 15.7. The van der Waals surface area contributed by atoms with E-state index >= 15 is 0 Å². The molecule has 0 saturated carbocycles. The second kappa shape index (κ2) is 8.74. The van der Waals surface area contributed by atoms with E-state index in [4.69, 9.17) is 38.1 Å². The molecule has 31 heavy (non-hydrogen) atoms. The van der Waals surface area contributed by atoms with Crippen molar-refractivity contribution >= 4 is 63.0 Å². The number of hydrazone groups is 1. The number of carbonyl (C=O) groups is 1. The predicted molar refractivity (Wildman–Crippen MR) is 125 cm³/mol. The minimum Gasteiger partial charge on any atom is -0.494 e. The molecule has 0 saturated heterocycles. The molecule has 0 fully saturated rings. The topological polar surface area (TPSA) is 87.3 Å². The lowest BCUT2D eigenvalue weighted by Crippen LogP contribution is -2.35. The SMILES string of the molecule is COc1c(Cl)cc(/C=C2/C(=N)N3N=C(COc4cccc(C)c4)SC3=NC2=O)cc1Cl. The van der Waals surface area contributed by atoms with Crippen molar-refractivity contribution in [1.82, 2.24) is 5.01 Å². The minimum absolute atomic E-state index is 0.0752.